The molecule has 0 unspecified atom stereocenters. The van der Waals surface area contributed by atoms with Gasteiger partial charge in [-0.2, -0.15) is 0 Å². The number of rotatable bonds is 5. The molecule has 3 aliphatic rings. The molecule has 0 bridgehead atoms. The van der Waals surface area contributed by atoms with E-state index in [4.69, 9.17) is 9.47 Å². The Morgan fingerprint density at radius 2 is 1.97 bits per heavy atom. The Morgan fingerprint density at radius 3 is 2.62 bits per heavy atom. The van der Waals surface area contributed by atoms with Crippen molar-refractivity contribution in [2.75, 3.05) is 24.7 Å². The topological polar surface area (TPSA) is 55.8 Å². The molecule has 4 rings (SSSR count). The first-order valence-corrected chi connectivity index (χ1v) is 12.5. The number of fused-ring (bicyclic) bond motifs is 1. The molecule has 3 heterocycles. The van der Waals surface area contributed by atoms with Crippen LogP contribution in [-0.2, 0) is 19.1 Å². The van der Waals surface area contributed by atoms with Gasteiger partial charge in [0.25, 0.3) is 0 Å². The smallest absolute Gasteiger partial charge is 0.332 e. The molecule has 5 nitrogen and oxygen atoms in total. The van der Waals surface area contributed by atoms with E-state index in [1.165, 1.54) is 0 Å². The molecule has 3 aliphatic heterocycles. The third-order valence-corrected chi connectivity index (χ3v) is 9.72. The summed E-state index contributed by atoms with van der Waals surface area (Å²) in [4.78, 5) is 28.4. The zero-order valence-corrected chi connectivity index (χ0v) is 18.7. The molecule has 0 radical (unpaired) electrons. The van der Waals surface area contributed by atoms with Gasteiger partial charge >= 0.3 is 5.97 Å². The second-order valence-electron chi connectivity index (χ2n) is 7.77. The zero-order chi connectivity index (χ0) is 20.4. The molecule has 0 saturated carbocycles. The highest BCUT2D eigenvalue weighted by molar-refractivity contribution is 8.19. The Bertz CT molecular complexity index is 738. The number of piperidine rings is 1. The van der Waals surface area contributed by atoms with Gasteiger partial charge in [-0.1, -0.05) is 37.3 Å². The number of thioether (sulfide) groups is 2. The lowest BCUT2D eigenvalue weighted by molar-refractivity contribution is -0.157. The number of benzene rings is 1. The van der Waals surface area contributed by atoms with Gasteiger partial charge in [0.15, 0.2) is 4.08 Å². The average Bonchev–Trinajstić information content (AvgIpc) is 3.21. The maximum Gasteiger partial charge on any atom is 0.332 e. The summed E-state index contributed by atoms with van der Waals surface area (Å²) in [6.45, 7) is 4.86. The lowest BCUT2D eigenvalue weighted by Crippen LogP contribution is -2.57. The predicted molar refractivity (Wildman–Crippen MR) is 117 cm³/mol. The van der Waals surface area contributed by atoms with Crippen LogP contribution in [-0.4, -0.2) is 51.8 Å². The molecule has 158 valence electrons. The molecule has 0 N–H and O–H groups in total. The van der Waals surface area contributed by atoms with Crippen LogP contribution in [0, 0.1) is 11.8 Å². The fourth-order valence-corrected chi connectivity index (χ4v) is 8.41. The van der Waals surface area contributed by atoms with Crippen molar-refractivity contribution < 1.29 is 19.1 Å². The number of amides is 1. The molecule has 1 aromatic carbocycles. The van der Waals surface area contributed by atoms with Gasteiger partial charge in [0.1, 0.15) is 6.23 Å². The Kier molecular flexibility index (Phi) is 6.47. The van der Waals surface area contributed by atoms with Crippen LogP contribution >= 0.6 is 23.5 Å². The molecule has 0 aliphatic carbocycles. The Balaban J connectivity index is 1.66. The average molecular weight is 436 g/mol. The second kappa shape index (κ2) is 8.90. The van der Waals surface area contributed by atoms with Crippen LogP contribution in [0.5, 0.6) is 0 Å². The van der Waals surface area contributed by atoms with Crippen molar-refractivity contribution in [3.8, 4) is 0 Å². The summed E-state index contributed by atoms with van der Waals surface area (Å²) in [6, 6.07) is 10.1. The molecule has 29 heavy (non-hydrogen) atoms. The number of nitrogens with zero attached hydrogens (tertiary/aromatic N) is 1. The number of carbonyl (C=O) groups excluding carboxylic acids is 2. The van der Waals surface area contributed by atoms with Crippen LogP contribution in [0.3, 0.4) is 0 Å². The van der Waals surface area contributed by atoms with E-state index in [1.807, 2.05) is 30.0 Å². The maximum atomic E-state index is 13.4. The number of ether oxygens (including phenoxy) is 2. The second-order valence-corrected chi connectivity index (χ2v) is 10.7. The van der Waals surface area contributed by atoms with Gasteiger partial charge in [0.05, 0.1) is 19.3 Å². The lowest BCUT2D eigenvalue weighted by atomic mass is 9.78. The van der Waals surface area contributed by atoms with Crippen molar-refractivity contribution >= 4 is 35.4 Å². The summed E-state index contributed by atoms with van der Waals surface area (Å²) < 4.78 is 11.1. The van der Waals surface area contributed by atoms with E-state index in [2.05, 4.69) is 19.1 Å². The normalized spacial score (nSPS) is 31.4. The van der Waals surface area contributed by atoms with Crippen molar-refractivity contribution in [3.63, 3.8) is 0 Å². The summed E-state index contributed by atoms with van der Waals surface area (Å²) in [6.07, 6.45) is 2.05. The van der Waals surface area contributed by atoms with Crippen LogP contribution in [0.4, 0.5) is 0 Å². The van der Waals surface area contributed by atoms with E-state index in [9.17, 15) is 9.59 Å². The first-order chi connectivity index (χ1) is 14.1. The highest BCUT2D eigenvalue weighted by atomic mass is 32.2. The summed E-state index contributed by atoms with van der Waals surface area (Å²) >= 11 is 3.36. The van der Waals surface area contributed by atoms with E-state index in [0.29, 0.717) is 19.6 Å². The van der Waals surface area contributed by atoms with E-state index < -0.39 is 4.08 Å². The third-order valence-electron chi connectivity index (χ3n) is 6.23. The van der Waals surface area contributed by atoms with Crippen LogP contribution in [0.2, 0.25) is 0 Å². The molecular weight excluding hydrogens is 406 g/mol. The summed E-state index contributed by atoms with van der Waals surface area (Å²) in [7, 11) is 0. The van der Waals surface area contributed by atoms with Crippen LogP contribution in [0.15, 0.2) is 30.3 Å². The summed E-state index contributed by atoms with van der Waals surface area (Å²) in [5, 5.41) is 0. The predicted octanol–water partition coefficient (Wildman–Crippen LogP) is 4.09. The van der Waals surface area contributed by atoms with Crippen molar-refractivity contribution in [3.05, 3.63) is 35.9 Å². The minimum Gasteiger partial charge on any atom is -0.464 e. The zero-order valence-electron chi connectivity index (χ0n) is 17.0. The van der Waals surface area contributed by atoms with E-state index in [-0.39, 0.29) is 36.0 Å². The van der Waals surface area contributed by atoms with Crippen molar-refractivity contribution in [2.24, 2.45) is 11.8 Å². The summed E-state index contributed by atoms with van der Waals surface area (Å²) in [5.74, 6) is 1.81. The van der Waals surface area contributed by atoms with Crippen LogP contribution in [0.1, 0.15) is 44.7 Å². The first kappa shape index (κ1) is 21.1. The van der Waals surface area contributed by atoms with Gasteiger partial charge in [0, 0.05) is 18.3 Å². The van der Waals surface area contributed by atoms with Gasteiger partial charge in [0.2, 0.25) is 5.91 Å². The number of esters is 1. The molecule has 1 aromatic rings. The van der Waals surface area contributed by atoms with Crippen LogP contribution < -0.4 is 0 Å². The lowest BCUT2D eigenvalue weighted by Gasteiger charge is -2.49. The molecule has 7 heteroatoms. The maximum absolute atomic E-state index is 13.4. The van der Waals surface area contributed by atoms with Crippen molar-refractivity contribution in [2.45, 2.75) is 49.5 Å². The molecule has 0 spiro atoms. The number of hydrogen-bond acceptors (Lipinski definition) is 6. The largest absolute Gasteiger partial charge is 0.464 e. The van der Waals surface area contributed by atoms with Gasteiger partial charge in [-0.25, -0.2) is 4.79 Å². The first-order valence-electron chi connectivity index (χ1n) is 10.5. The monoisotopic (exact) mass is 435 g/mol. The molecule has 3 fully saturated rings. The molecule has 4 atom stereocenters. The van der Waals surface area contributed by atoms with Gasteiger partial charge in [-0.05, 0) is 36.8 Å². The minimum absolute atomic E-state index is 0.0473. The van der Waals surface area contributed by atoms with E-state index >= 15 is 0 Å². The molecule has 1 amide bonds. The Hall–Kier alpha value is -1.18. The van der Waals surface area contributed by atoms with E-state index in [1.54, 1.807) is 23.5 Å². The van der Waals surface area contributed by atoms with Gasteiger partial charge < -0.3 is 14.4 Å². The number of carbonyl (C=O) groups is 2. The highest BCUT2D eigenvalue weighted by Crippen LogP contribution is 2.56. The molecular formula is C22H29NO4S2. The fourth-order valence-electron chi connectivity index (χ4n) is 4.91. The quantitative estimate of drug-likeness (QED) is 0.650. The van der Waals surface area contributed by atoms with Crippen molar-refractivity contribution in [1.82, 2.24) is 4.90 Å². The van der Waals surface area contributed by atoms with Crippen molar-refractivity contribution in [1.29, 1.82) is 0 Å². The number of hydrogen-bond donors (Lipinski definition) is 0. The van der Waals surface area contributed by atoms with Crippen LogP contribution in [0.25, 0.3) is 0 Å². The van der Waals surface area contributed by atoms with E-state index in [0.717, 1.165) is 29.9 Å². The fraction of sp³-hybridized carbons (Fsp3) is 0.636. The molecule has 0 aromatic heterocycles. The SMILES string of the molecule is CCOC(=O)C1([C@@H]2CC(=O)N3[C@H](OC[C@H]3c3ccccc3)[C@H]2CC)SCCCS1. The highest BCUT2D eigenvalue weighted by Gasteiger charge is 2.59. The Labute approximate surface area is 181 Å². The van der Waals surface area contributed by atoms with Gasteiger partial charge in [-0.15, -0.1) is 23.5 Å². The molecule has 3 saturated heterocycles. The van der Waals surface area contributed by atoms with Gasteiger partial charge in [-0.3, -0.25) is 4.79 Å². The minimum atomic E-state index is -0.703. The standard InChI is InChI=1S/C22H29NO4S2/c1-3-16-17(22(21(25)26-4-2)28-11-8-12-29-22)13-19(24)23-18(14-27-20(16)23)15-9-6-5-7-10-15/h5-7,9-10,16-18,20H,3-4,8,11-14H2,1-2H3/t16-,17+,18-,20+/m0/s1. The Morgan fingerprint density at radius 1 is 1.24 bits per heavy atom. The summed E-state index contributed by atoms with van der Waals surface area (Å²) in [5.41, 5.74) is 1.11. The third kappa shape index (κ3) is 3.70.